The van der Waals surface area contributed by atoms with Crippen molar-refractivity contribution >= 4 is 35.0 Å². The summed E-state index contributed by atoms with van der Waals surface area (Å²) in [7, 11) is 0. The van der Waals surface area contributed by atoms with Gasteiger partial charge in [-0.15, -0.1) is 10.2 Å². The van der Waals surface area contributed by atoms with Gasteiger partial charge in [0.2, 0.25) is 11.8 Å². The van der Waals surface area contributed by atoms with Gasteiger partial charge in [-0.05, 0) is 57.2 Å². The lowest BCUT2D eigenvalue weighted by molar-refractivity contribution is -0.116. The van der Waals surface area contributed by atoms with Crippen molar-refractivity contribution in [1.82, 2.24) is 14.8 Å². The number of hydrogen-bond donors (Lipinski definition) is 2. The predicted molar refractivity (Wildman–Crippen MR) is 126 cm³/mol. The summed E-state index contributed by atoms with van der Waals surface area (Å²) < 4.78 is 7.26. The fourth-order valence-electron chi connectivity index (χ4n) is 2.99. The van der Waals surface area contributed by atoms with Crippen LogP contribution in [0.2, 0.25) is 0 Å². The van der Waals surface area contributed by atoms with Crippen LogP contribution in [0.4, 0.5) is 11.4 Å². The average molecular weight is 454 g/mol. The number of benzene rings is 2. The number of anilines is 2. The Balaban J connectivity index is 1.54. The van der Waals surface area contributed by atoms with E-state index in [1.54, 1.807) is 12.1 Å². The van der Waals surface area contributed by atoms with E-state index in [0.29, 0.717) is 29.8 Å². The normalized spacial score (nSPS) is 10.6. The third kappa shape index (κ3) is 6.58. The summed E-state index contributed by atoms with van der Waals surface area (Å²) >= 11 is 1.29. The molecule has 32 heavy (non-hydrogen) atoms. The van der Waals surface area contributed by atoms with Crippen molar-refractivity contribution in [3.8, 4) is 5.75 Å². The van der Waals surface area contributed by atoms with E-state index in [2.05, 4.69) is 20.8 Å². The van der Waals surface area contributed by atoms with E-state index in [0.717, 1.165) is 17.0 Å². The number of thioether (sulfide) groups is 1. The van der Waals surface area contributed by atoms with Crippen molar-refractivity contribution in [1.29, 1.82) is 0 Å². The first-order chi connectivity index (χ1) is 15.5. The highest BCUT2D eigenvalue weighted by atomic mass is 32.2. The number of carbonyl (C=O) groups excluding carboxylic acids is 2. The van der Waals surface area contributed by atoms with Crippen LogP contribution >= 0.6 is 11.8 Å². The monoisotopic (exact) mass is 453 g/mol. The number of rotatable bonds is 10. The Morgan fingerprint density at radius 1 is 0.938 bits per heavy atom. The van der Waals surface area contributed by atoms with Gasteiger partial charge in [0.1, 0.15) is 11.6 Å². The van der Waals surface area contributed by atoms with Crippen LogP contribution in [0.15, 0.2) is 53.7 Å². The molecule has 168 valence electrons. The van der Waals surface area contributed by atoms with Gasteiger partial charge in [0.05, 0.1) is 18.8 Å². The highest BCUT2D eigenvalue weighted by Crippen LogP contribution is 2.19. The van der Waals surface area contributed by atoms with E-state index in [1.165, 1.54) is 11.8 Å². The Morgan fingerprint density at radius 3 is 2.19 bits per heavy atom. The van der Waals surface area contributed by atoms with Crippen molar-refractivity contribution in [3.63, 3.8) is 0 Å². The van der Waals surface area contributed by atoms with E-state index in [9.17, 15) is 9.59 Å². The summed E-state index contributed by atoms with van der Waals surface area (Å²) in [4.78, 5) is 24.7. The Kier molecular flexibility index (Phi) is 8.27. The molecular formula is C23H27N5O3S. The zero-order valence-electron chi connectivity index (χ0n) is 18.4. The molecule has 0 atom stereocenters. The highest BCUT2D eigenvalue weighted by molar-refractivity contribution is 7.99. The van der Waals surface area contributed by atoms with Crippen molar-refractivity contribution in [3.05, 3.63) is 59.9 Å². The van der Waals surface area contributed by atoms with Crippen LogP contribution in [-0.2, 0) is 22.6 Å². The minimum Gasteiger partial charge on any atom is -0.494 e. The second-order valence-electron chi connectivity index (χ2n) is 7.03. The van der Waals surface area contributed by atoms with Gasteiger partial charge in [0.15, 0.2) is 5.16 Å². The molecule has 0 bridgehead atoms. The first-order valence-corrected chi connectivity index (χ1v) is 11.4. The molecule has 0 aliphatic heterocycles. The topological polar surface area (TPSA) is 98.1 Å². The number of nitrogens with zero attached hydrogens (tertiary/aromatic N) is 3. The molecule has 0 radical (unpaired) electrons. The molecule has 0 aliphatic rings. The third-order valence-electron chi connectivity index (χ3n) is 4.55. The Hall–Kier alpha value is -3.33. The van der Waals surface area contributed by atoms with Gasteiger partial charge in [-0.1, -0.05) is 29.5 Å². The molecule has 9 heteroatoms. The maximum atomic E-state index is 12.5. The lowest BCUT2D eigenvalue weighted by Crippen LogP contribution is -2.18. The van der Waals surface area contributed by atoms with Crippen molar-refractivity contribution in [2.75, 3.05) is 23.0 Å². The van der Waals surface area contributed by atoms with Gasteiger partial charge in [0, 0.05) is 17.9 Å². The molecule has 3 aromatic rings. The molecular weight excluding hydrogens is 426 g/mol. The van der Waals surface area contributed by atoms with E-state index < -0.39 is 0 Å². The number of ether oxygens (including phenoxy) is 1. The fourth-order valence-corrected chi connectivity index (χ4v) is 3.81. The SMILES string of the molecule is CCOc1ccc(NC(=O)Cc2nnc(SCC(=O)Nc3ccc(C)cc3)n2CC)cc1. The first kappa shape index (κ1) is 23.3. The van der Waals surface area contributed by atoms with Crippen LogP contribution in [-0.4, -0.2) is 38.9 Å². The summed E-state index contributed by atoms with van der Waals surface area (Å²) in [5, 5.41) is 14.7. The molecule has 0 aliphatic carbocycles. The average Bonchev–Trinajstić information content (AvgIpc) is 3.16. The van der Waals surface area contributed by atoms with Crippen LogP contribution in [0.5, 0.6) is 5.75 Å². The molecule has 2 N–H and O–H groups in total. The molecule has 0 fully saturated rings. The fraction of sp³-hybridized carbons (Fsp3) is 0.304. The molecule has 0 spiro atoms. The summed E-state index contributed by atoms with van der Waals surface area (Å²) in [5.41, 5.74) is 2.57. The second-order valence-corrected chi connectivity index (χ2v) is 7.97. The largest absolute Gasteiger partial charge is 0.494 e. The van der Waals surface area contributed by atoms with Crippen molar-refractivity contribution in [2.45, 2.75) is 38.9 Å². The second kappa shape index (κ2) is 11.3. The molecule has 3 rings (SSSR count). The molecule has 8 nitrogen and oxygen atoms in total. The van der Waals surface area contributed by atoms with Crippen molar-refractivity contribution in [2.24, 2.45) is 0 Å². The minimum absolute atomic E-state index is 0.0875. The van der Waals surface area contributed by atoms with E-state index in [1.807, 2.05) is 61.7 Å². The lowest BCUT2D eigenvalue weighted by atomic mass is 10.2. The van der Waals surface area contributed by atoms with Crippen LogP contribution in [0.25, 0.3) is 0 Å². The van der Waals surface area contributed by atoms with Crippen LogP contribution in [0, 0.1) is 6.92 Å². The lowest BCUT2D eigenvalue weighted by Gasteiger charge is -2.09. The zero-order chi connectivity index (χ0) is 22.9. The summed E-state index contributed by atoms with van der Waals surface area (Å²) in [6, 6.07) is 14.8. The van der Waals surface area contributed by atoms with Crippen LogP contribution < -0.4 is 15.4 Å². The highest BCUT2D eigenvalue weighted by Gasteiger charge is 2.16. The molecule has 2 aromatic carbocycles. The zero-order valence-corrected chi connectivity index (χ0v) is 19.2. The Bertz CT molecular complexity index is 1050. The van der Waals surface area contributed by atoms with Gasteiger partial charge in [-0.25, -0.2) is 0 Å². The third-order valence-corrected chi connectivity index (χ3v) is 5.51. The van der Waals surface area contributed by atoms with Gasteiger partial charge in [-0.2, -0.15) is 0 Å². The number of aromatic nitrogens is 3. The summed E-state index contributed by atoms with van der Waals surface area (Å²) in [6.45, 7) is 7.05. The molecule has 2 amide bonds. The van der Waals surface area contributed by atoms with Crippen LogP contribution in [0.1, 0.15) is 25.2 Å². The Morgan fingerprint density at radius 2 is 1.56 bits per heavy atom. The van der Waals surface area contributed by atoms with Gasteiger partial charge >= 0.3 is 0 Å². The molecule has 0 saturated carbocycles. The van der Waals surface area contributed by atoms with E-state index in [4.69, 9.17) is 4.74 Å². The number of carbonyl (C=O) groups is 2. The number of aryl methyl sites for hydroxylation is 1. The van der Waals surface area contributed by atoms with Crippen LogP contribution in [0.3, 0.4) is 0 Å². The number of nitrogens with one attached hydrogen (secondary N) is 2. The summed E-state index contributed by atoms with van der Waals surface area (Å²) in [5.74, 6) is 1.19. The van der Waals surface area contributed by atoms with Gasteiger partial charge in [-0.3, -0.25) is 9.59 Å². The molecule has 1 aromatic heterocycles. The predicted octanol–water partition coefficient (Wildman–Crippen LogP) is 3.92. The summed E-state index contributed by atoms with van der Waals surface area (Å²) in [6.07, 6.45) is 0.0875. The standard InChI is InChI=1S/C23H27N5O3S/c1-4-28-20(14-21(29)24-18-10-12-19(13-11-18)31-5-2)26-27-23(28)32-15-22(30)25-17-8-6-16(3)7-9-17/h6-13H,4-5,14-15H2,1-3H3,(H,24,29)(H,25,30). The quantitative estimate of drug-likeness (QED) is 0.452. The molecule has 0 unspecified atom stereocenters. The smallest absolute Gasteiger partial charge is 0.234 e. The number of hydrogen-bond acceptors (Lipinski definition) is 6. The van der Waals surface area contributed by atoms with Crippen molar-refractivity contribution < 1.29 is 14.3 Å². The first-order valence-electron chi connectivity index (χ1n) is 10.4. The Labute approximate surface area is 191 Å². The van der Waals surface area contributed by atoms with E-state index >= 15 is 0 Å². The number of amides is 2. The molecule has 0 saturated heterocycles. The molecule has 1 heterocycles. The van der Waals surface area contributed by atoms with Gasteiger partial charge < -0.3 is 19.9 Å². The maximum Gasteiger partial charge on any atom is 0.234 e. The van der Waals surface area contributed by atoms with Gasteiger partial charge in [0.25, 0.3) is 0 Å². The maximum absolute atomic E-state index is 12.5. The minimum atomic E-state index is -0.190. The van der Waals surface area contributed by atoms with E-state index in [-0.39, 0.29) is 24.0 Å².